The van der Waals surface area contributed by atoms with E-state index in [0.717, 1.165) is 5.92 Å². The predicted molar refractivity (Wildman–Crippen MR) is 38.0 cm³/mol. The third-order valence-electron chi connectivity index (χ3n) is 0.816. The molecule has 0 heterocycles. The van der Waals surface area contributed by atoms with Crippen LogP contribution in [-0.2, 0) is 241 Å². The Balaban J connectivity index is -0.000000000667. The second-order valence-corrected chi connectivity index (χ2v) is 1.80. The largest absolute Gasteiger partial charge is 0.358 e. The minimum Gasteiger partial charge on any atom is -0.358 e. The Kier molecular flexibility index (Phi) is 991. The van der Waals surface area contributed by atoms with Crippen molar-refractivity contribution in [2.24, 2.45) is 5.92 Å². The van der Waals surface area contributed by atoms with Crippen LogP contribution in [0.5, 0.6) is 0 Å². The summed E-state index contributed by atoms with van der Waals surface area (Å²) in [5.41, 5.74) is 0. The van der Waals surface area contributed by atoms with Crippen molar-refractivity contribution in [3.05, 3.63) is 14.9 Å². The summed E-state index contributed by atoms with van der Waals surface area (Å²) in [5.74, 6) is 0.884. The first-order valence-electron chi connectivity index (χ1n) is 2.27. The Hall–Kier alpha value is 8.65. The molecule has 0 saturated heterocycles. The van der Waals surface area contributed by atoms with Crippen molar-refractivity contribution >= 4 is 0 Å². The van der Waals surface area contributed by atoms with Crippen molar-refractivity contribution in [2.45, 2.75) is 27.2 Å². The van der Waals surface area contributed by atoms with Crippen molar-refractivity contribution in [2.75, 3.05) is 0 Å². The first-order chi connectivity index (χ1) is 2.27. The van der Waals surface area contributed by atoms with Gasteiger partial charge >= 0.3 is 0 Å². The fourth-order valence-electron chi connectivity index (χ4n) is 0. The summed E-state index contributed by atoms with van der Waals surface area (Å²) < 4.78 is 0. The van der Waals surface area contributed by atoms with Crippen LogP contribution in [0, 0.1) is 51.9 Å². The summed E-state index contributed by atoms with van der Waals surface area (Å²) in [6, 6.07) is 0. The molecule has 0 unspecified atom stereocenters. The van der Waals surface area contributed by atoms with Gasteiger partial charge in [-0.25, -0.2) is 0 Å². The molecule has 0 aliphatic heterocycles. The molecule has 0 aliphatic carbocycles. The van der Waals surface area contributed by atoms with Gasteiger partial charge in [0.1, 0.15) is 0 Å². The third-order valence-corrected chi connectivity index (χ3v) is 0.816. The smallest absolute Gasteiger partial charge is 0 e. The molecule has 0 amide bonds. The van der Waals surface area contributed by atoms with Gasteiger partial charge in [-0.1, -0.05) is 27.2 Å². The molecule has 0 aromatic rings. The topological polar surface area (TPSA) is 0 Å². The zero-order chi connectivity index (χ0) is 4.28. The maximum atomic E-state index is 2.22. The van der Waals surface area contributed by atoms with Crippen molar-refractivity contribution in [3.63, 3.8) is 0 Å². The Morgan fingerprint density at radius 2 is 0.524 bits per heavy atom. The van der Waals surface area contributed by atoms with E-state index < -0.39 is 0 Å². The SMILES string of the molecule is CCC(C)C.[CH3-].[CH3-].[U].[V].[V].[V].[V].[V].[V].[V].[V].[V].[V].[V].[V].[V]. The van der Waals surface area contributed by atoms with Crippen LogP contribution in [0.15, 0.2) is 0 Å². The fourth-order valence-corrected chi connectivity index (χ4v) is 0. The molecule has 0 N–H and O–H groups in total. The Labute approximate surface area is 313 Å². The Morgan fingerprint density at radius 3 is 0.524 bits per heavy atom. The van der Waals surface area contributed by atoms with Gasteiger partial charge in [0, 0.05) is 272 Å². The van der Waals surface area contributed by atoms with Gasteiger partial charge < -0.3 is 14.9 Å². The summed E-state index contributed by atoms with van der Waals surface area (Å²) in [5, 5.41) is 0. The fraction of sp³-hybridized carbons (Fsp3) is 0.714. The Bertz CT molecular complexity index is 38.5. The van der Waals surface area contributed by atoms with Gasteiger partial charge in [0.2, 0.25) is 0 Å². The number of hydrogen-bond donors (Lipinski definition) is 0. The van der Waals surface area contributed by atoms with E-state index in [2.05, 4.69) is 20.8 Å². The second kappa shape index (κ2) is 137. The van der Waals surface area contributed by atoms with E-state index in [1.165, 1.54) is 6.42 Å². The van der Waals surface area contributed by atoms with Gasteiger partial charge in [0.05, 0.1) is 0 Å². The summed E-state index contributed by atoms with van der Waals surface area (Å²) in [4.78, 5) is 0. The molecule has 0 aromatic heterocycles. The van der Waals surface area contributed by atoms with E-state index in [1.807, 2.05) is 0 Å². The molecular weight excluding hydrogens is 984 g/mol. The van der Waals surface area contributed by atoms with Gasteiger partial charge in [-0.15, -0.1) is 0 Å². The molecule has 0 spiro atoms. The van der Waals surface area contributed by atoms with E-state index in [9.17, 15) is 0 Å². The van der Waals surface area contributed by atoms with E-state index in [1.54, 1.807) is 0 Å². The first kappa shape index (κ1) is 152. The van der Waals surface area contributed by atoms with Gasteiger partial charge in [-0.05, 0) is 5.92 Å². The molecule has 14 heteroatoms. The summed E-state index contributed by atoms with van der Waals surface area (Å²) in [6.07, 6.45) is 1.31. The van der Waals surface area contributed by atoms with Crippen LogP contribution in [-0.4, -0.2) is 0 Å². The van der Waals surface area contributed by atoms with Crippen LogP contribution in [0.4, 0.5) is 0 Å². The van der Waals surface area contributed by atoms with Gasteiger partial charge in [-0.3, -0.25) is 0 Å². The number of hydrogen-bond acceptors (Lipinski definition) is 0. The van der Waals surface area contributed by atoms with Crippen LogP contribution in [0.2, 0.25) is 0 Å². The van der Waals surface area contributed by atoms with Crippen LogP contribution in [0.1, 0.15) is 27.2 Å². The van der Waals surface area contributed by atoms with E-state index in [0.29, 0.717) is 0 Å². The third kappa shape index (κ3) is 179. The zero-order valence-electron chi connectivity index (χ0n) is 12.6. The molecule has 0 aliphatic rings. The summed E-state index contributed by atoms with van der Waals surface area (Å²) in [6.45, 7) is 6.64. The molecule has 0 nitrogen and oxygen atoms in total. The van der Waals surface area contributed by atoms with E-state index in [-0.39, 0.29) is 287 Å². The van der Waals surface area contributed by atoms with Crippen molar-refractivity contribution in [1.29, 1.82) is 0 Å². The molecule has 0 aromatic carbocycles. The molecule has 0 fully saturated rings. The first-order valence-corrected chi connectivity index (χ1v) is 2.27. The zero-order valence-corrected chi connectivity index (χ0v) is 34.9. The quantitative estimate of drug-likeness (QED) is 0.356. The standard InChI is InChI=1S/C5H12.2CH3.U.13V/c1-4-5(2)3;;;;;;;;;;;;;;;;/h5H,4H2,1-3H3;2*1H3;;;;;;;;;;;;;;/q;2*-1;;;;;;;;;;;;;;. The molecule has 13 radical (unpaired) electrons. The van der Waals surface area contributed by atoms with Crippen LogP contribution < -0.4 is 0 Å². The molecule has 117 valence electrons. The maximum absolute atomic E-state index is 2.22. The van der Waals surface area contributed by atoms with Crippen molar-refractivity contribution in [1.82, 2.24) is 0 Å². The second-order valence-electron chi connectivity index (χ2n) is 1.80. The Morgan fingerprint density at radius 1 is 0.476 bits per heavy atom. The molecular formula is C7H18UV13-2. The molecule has 0 atom stereocenters. The van der Waals surface area contributed by atoms with Crippen LogP contribution >= 0.6 is 0 Å². The molecule has 0 bridgehead atoms. The normalized spacial score (nSPS) is 2.29. The maximum Gasteiger partial charge on any atom is 0 e. The summed E-state index contributed by atoms with van der Waals surface area (Å²) >= 11 is 0. The van der Waals surface area contributed by atoms with Crippen LogP contribution in [0.3, 0.4) is 0 Å². The monoisotopic (exact) mass is 1000 g/mol. The average molecular weight is 1000 g/mol. The summed E-state index contributed by atoms with van der Waals surface area (Å²) in [7, 11) is 0. The van der Waals surface area contributed by atoms with Gasteiger partial charge in [0.25, 0.3) is 0 Å². The molecule has 0 rings (SSSR count). The van der Waals surface area contributed by atoms with Crippen molar-refractivity contribution < 1.29 is 272 Å². The van der Waals surface area contributed by atoms with E-state index in [4.69, 9.17) is 0 Å². The van der Waals surface area contributed by atoms with Gasteiger partial charge in [0.15, 0.2) is 0 Å². The average Bonchev–Trinajstić information content (AvgIpc) is 1.38. The van der Waals surface area contributed by atoms with Crippen molar-refractivity contribution in [3.8, 4) is 0 Å². The van der Waals surface area contributed by atoms with E-state index >= 15 is 0 Å². The number of rotatable bonds is 1. The molecule has 21 heavy (non-hydrogen) atoms. The van der Waals surface area contributed by atoms with Gasteiger partial charge in [-0.2, -0.15) is 0 Å². The van der Waals surface area contributed by atoms with Crippen LogP contribution in [0.25, 0.3) is 0 Å². The molecule has 0 saturated carbocycles. The minimum absolute atomic E-state index is 0. The predicted octanol–water partition coefficient (Wildman–Crippen LogP) is 2.92. The minimum atomic E-state index is 0.